The summed E-state index contributed by atoms with van der Waals surface area (Å²) in [7, 11) is -2.77. The van der Waals surface area contributed by atoms with Crippen molar-refractivity contribution in [3.8, 4) is 0 Å². The highest BCUT2D eigenvalue weighted by molar-refractivity contribution is 6.99. The van der Waals surface area contributed by atoms with Crippen molar-refractivity contribution in [2.24, 2.45) is 5.92 Å². The molecule has 4 rings (SSSR count). The molecule has 0 unspecified atom stereocenters. The molecule has 2 N–H and O–H groups in total. The Bertz CT molecular complexity index is 1180. The average molecular weight is 481 g/mol. The molecule has 2 heterocycles. The molecule has 1 fully saturated rings. The molecule has 0 radical (unpaired) electrons. The summed E-state index contributed by atoms with van der Waals surface area (Å²) in [5.41, 5.74) is -1.11. The molecule has 34 heavy (non-hydrogen) atoms. The number of aliphatic hydroxyl groups is 1. The average Bonchev–Trinajstić information content (AvgIpc) is 3.08. The van der Waals surface area contributed by atoms with Crippen LogP contribution in [0.5, 0.6) is 0 Å². The molecule has 8 heteroatoms. The van der Waals surface area contributed by atoms with E-state index < -0.39 is 38.0 Å². The Hall–Kier alpha value is -2.78. The number of benzene rings is 2. The van der Waals surface area contributed by atoms with E-state index in [4.69, 9.17) is 9.16 Å². The second-order valence-electron chi connectivity index (χ2n) is 9.91. The molecule has 2 aromatic carbocycles. The monoisotopic (exact) mass is 480 g/mol. The van der Waals surface area contributed by atoms with Crippen molar-refractivity contribution in [2.75, 3.05) is 6.61 Å². The van der Waals surface area contributed by atoms with Crippen molar-refractivity contribution in [2.45, 2.75) is 51.2 Å². The van der Waals surface area contributed by atoms with E-state index in [-0.39, 0.29) is 17.6 Å². The molecule has 0 saturated carbocycles. The summed E-state index contributed by atoms with van der Waals surface area (Å²) in [4.78, 5) is 26.0. The van der Waals surface area contributed by atoms with Crippen LogP contribution in [0.15, 0.2) is 82.5 Å². The van der Waals surface area contributed by atoms with E-state index in [2.05, 4.69) is 50.0 Å². The molecule has 0 amide bonds. The topological polar surface area (TPSA) is 93.6 Å². The van der Waals surface area contributed by atoms with Crippen LogP contribution in [0.4, 0.5) is 0 Å². The fourth-order valence-electron chi connectivity index (χ4n) is 4.88. The van der Waals surface area contributed by atoms with Crippen LogP contribution >= 0.6 is 0 Å². The molecule has 1 saturated heterocycles. The van der Waals surface area contributed by atoms with E-state index >= 15 is 0 Å². The zero-order valence-corrected chi connectivity index (χ0v) is 21.0. The molecule has 0 aliphatic carbocycles. The molecular formula is C26H32N2O5Si. The van der Waals surface area contributed by atoms with Crippen LogP contribution in [0.1, 0.15) is 33.9 Å². The summed E-state index contributed by atoms with van der Waals surface area (Å²) in [5, 5.41) is 13.0. The number of aromatic nitrogens is 2. The van der Waals surface area contributed by atoms with E-state index in [0.717, 1.165) is 10.4 Å². The van der Waals surface area contributed by atoms with Crippen molar-refractivity contribution in [3.63, 3.8) is 0 Å². The van der Waals surface area contributed by atoms with E-state index in [1.54, 1.807) is 0 Å². The largest absolute Gasteiger partial charge is 0.405 e. The first-order valence-electron chi connectivity index (χ1n) is 11.5. The minimum absolute atomic E-state index is 0.189. The zero-order chi connectivity index (χ0) is 24.5. The van der Waals surface area contributed by atoms with Gasteiger partial charge in [-0.3, -0.25) is 14.3 Å². The highest BCUT2D eigenvalue weighted by atomic mass is 28.4. The van der Waals surface area contributed by atoms with Gasteiger partial charge in [-0.1, -0.05) is 88.4 Å². The summed E-state index contributed by atoms with van der Waals surface area (Å²) in [6.07, 6.45) is -0.892. The van der Waals surface area contributed by atoms with E-state index in [1.165, 1.54) is 16.8 Å². The standard InChI is InChI=1S/C26H32N2O5Si/c1-18-21(33-24(23(18)30)28-16-15-22(29)27-25(28)31)17-32-34(26(2,3)4,19-11-7-5-8-12-19)20-13-9-6-10-14-20/h5-16,18,21,23-24,30H,17H2,1-4H3,(H,27,29,31)/t18-,21-,23-,24-/m1/s1. The smallest absolute Gasteiger partial charge is 0.330 e. The summed E-state index contributed by atoms with van der Waals surface area (Å²) >= 11 is 0. The van der Waals surface area contributed by atoms with Crippen LogP contribution in [0, 0.1) is 5.92 Å². The molecular weight excluding hydrogens is 448 g/mol. The molecule has 1 aromatic heterocycles. The summed E-state index contributed by atoms with van der Waals surface area (Å²) in [6, 6.07) is 21.9. The Labute approximate surface area is 200 Å². The Morgan fingerprint density at radius 1 is 1.00 bits per heavy atom. The van der Waals surface area contributed by atoms with Gasteiger partial charge in [0, 0.05) is 18.2 Å². The Morgan fingerprint density at radius 2 is 1.56 bits per heavy atom. The van der Waals surface area contributed by atoms with Crippen molar-refractivity contribution < 1.29 is 14.3 Å². The maximum absolute atomic E-state index is 12.3. The number of nitrogens with zero attached hydrogens (tertiary/aromatic N) is 1. The van der Waals surface area contributed by atoms with Crippen molar-refractivity contribution >= 4 is 18.7 Å². The summed E-state index contributed by atoms with van der Waals surface area (Å²) < 4.78 is 14.3. The first-order chi connectivity index (χ1) is 16.1. The molecule has 180 valence electrons. The second-order valence-corrected chi connectivity index (χ2v) is 14.2. The molecule has 7 nitrogen and oxygen atoms in total. The lowest BCUT2D eigenvalue weighted by molar-refractivity contribution is -0.0515. The molecule has 4 atom stereocenters. The lowest BCUT2D eigenvalue weighted by atomic mass is 10.0. The first-order valence-corrected chi connectivity index (χ1v) is 13.5. The number of hydrogen-bond acceptors (Lipinski definition) is 5. The Morgan fingerprint density at radius 3 is 2.06 bits per heavy atom. The van der Waals surface area contributed by atoms with Gasteiger partial charge in [0.1, 0.15) is 6.10 Å². The fourth-order valence-corrected chi connectivity index (χ4v) is 9.45. The number of rotatable bonds is 6. The Kier molecular flexibility index (Phi) is 6.77. The number of aliphatic hydroxyl groups excluding tert-OH is 1. The van der Waals surface area contributed by atoms with Crippen LogP contribution in [0.2, 0.25) is 5.04 Å². The van der Waals surface area contributed by atoms with E-state index in [9.17, 15) is 14.7 Å². The van der Waals surface area contributed by atoms with Crippen LogP contribution in [-0.4, -0.2) is 41.8 Å². The third-order valence-corrected chi connectivity index (χ3v) is 11.7. The van der Waals surface area contributed by atoms with Gasteiger partial charge in [0.25, 0.3) is 13.9 Å². The lowest BCUT2D eigenvalue weighted by Gasteiger charge is -2.43. The van der Waals surface area contributed by atoms with E-state index in [1.807, 2.05) is 43.3 Å². The van der Waals surface area contributed by atoms with Gasteiger partial charge in [-0.25, -0.2) is 4.79 Å². The summed E-state index contributed by atoms with van der Waals surface area (Å²) in [5.74, 6) is -0.276. The van der Waals surface area contributed by atoms with Crippen molar-refractivity contribution in [1.82, 2.24) is 9.55 Å². The minimum atomic E-state index is -2.77. The number of H-pyrrole nitrogens is 1. The molecule has 3 aromatic rings. The van der Waals surface area contributed by atoms with E-state index in [0.29, 0.717) is 0 Å². The van der Waals surface area contributed by atoms with Crippen LogP contribution in [0.25, 0.3) is 0 Å². The second kappa shape index (κ2) is 9.46. The van der Waals surface area contributed by atoms with Gasteiger partial charge in [-0.15, -0.1) is 0 Å². The summed E-state index contributed by atoms with van der Waals surface area (Å²) in [6.45, 7) is 8.77. The highest BCUT2D eigenvalue weighted by Gasteiger charge is 2.52. The van der Waals surface area contributed by atoms with Gasteiger partial charge in [-0.05, 0) is 15.4 Å². The molecule has 1 aliphatic heterocycles. The zero-order valence-electron chi connectivity index (χ0n) is 20.0. The molecule has 0 bridgehead atoms. The van der Waals surface area contributed by atoms with Crippen LogP contribution < -0.4 is 21.6 Å². The minimum Gasteiger partial charge on any atom is -0.405 e. The van der Waals surface area contributed by atoms with Crippen molar-refractivity contribution in [3.05, 3.63) is 93.8 Å². The lowest BCUT2D eigenvalue weighted by Crippen LogP contribution is -2.67. The van der Waals surface area contributed by atoms with Crippen LogP contribution in [0.3, 0.4) is 0 Å². The molecule has 1 aliphatic rings. The van der Waals surface area contributed by atoms with Gasteiger partial charge in [0.05, 0.1) is 12.7 Å². The number of hydrogen-bond donors (Lipinski definition) is 2. The van der Waals surface area contributed by atoms with Gasteiger partial charge in [0.2, 0.25) is 0 Å². The quantitative estimate of drug-likeness (QED) is 0.527. The Balaban J connectivity index is 1.68. The third-order valence-electron chi connectivity index (χ3n) is 6.74. The van der Waals surface area contributed by atoms with Gasteiger partial charge in [-0.2, -0.15) is 0 Å². The highest BCUT2D eigenvalue weighted by Crippen LogP contribution is 2.39. The fraction of sp³-hybridized carbons (Fsp3) is 0.385. The third kappa shape index (κ3) is 4.34. The number of aromatic amines is 1. The maximum Gasteiger partial charge on any atom is 0.330 e. The predicted molar refractivity (Wildman–Crippen MR) is 134 cm³/mol. The number of nitrogens with one attached hydrogen (secondary N) is 1. The van der Waals surface area contributed by atoms with Gasteiger partial charge in [0.15, 0.2) is 6.23 Å². The SMILES string of the molecule is C[C@H]1[C@@H](O)[C@H](n2ccc(=O)[nH]c2=O)O[C@@H]1CO[Si](c1ccccc1)(c1ccccc1)C(C)(C)C. The normalized spacial score (nSPS) is 23.2. The maximum atomic E-state index is 12.3. The van der Waals surface area contributed by atoms with Gasteiger partial charge < -0.3 is 14.3 Å². The number of ether oxygens (including phenoxy) is 1. The molecule has 0 spiro atoms. The predicted octanol–water partition coefficient (Wildman–Crippen LogP) is 2.01. The first kappa shape index (κ1) is 24.3. The van der Waals surface area contributed by atoms with Crippen molar-refractivity contribution in [1.29, 1.82) is 0 Å². The van der Waals surface area contributed by atoms with Gasteiger partial charge >= 0.3 is 5.69 Å². The van der Waals surface area contributed by atoms with Crippen LogP contribution in [-0.2, 0) is 9.16 Å².